The van der Waals surface area contributed by atoms with E-state index >= 15 is 0 Å². The van der Waals surface area contributed by atoms with Crippen molar-refractivity contribution in [3.63, 3.8) is 0 Å². The molecule has 1 N–H and O–H groups in total. The number of carbonyl (C=O) groups excluding carboxylic acids is 2. The number of aromatic nitrogens is 2. The van der Waals surface area contributed by atoms with E-state index in [0.717, 1.165) is 56.1 Å². The van der Waals surface area contributed by atoms with Crippen LogP contribution in [-0.2, 0) is 22.4 Å². The second-order valence-corrected chi connectivity index (χ2v) is 10.3. The molecule has 0 spiro atoms. The highest BCUT2D eigenvalue weighted by molar-refractivity contribution is 6.01. The van der Waals surface area contributed by atoms with Gasteiger partial charge in [0.15, 0.2) is 6.29 Å². The van der Waals surface area contributed by atoms with E-state index < -0.39 is 6.03 Å². The number of nitrogens with one attached hydrogen (secondary N) is 1. The Labute approximate surface area is 228 Å². The monoisotopic (exact) mass is 534 g/mol. The van der Waals surface area contributed by atoms with Gasteiger partial charge in [-0.15, -0.1) is 0 Å². The van der Waals surface area contributed by atoms with E-state index in [1.54, 1.807) is 18.1 Å². The van der Waals surface area contributed by atoms with Crippen LogP contribution in [0.25, 0.3) is 0 Å². The summed E-state index contributed by atoms with van der Waals surface area (Å²) in [5.41, 5.74) is 2.42. The van der Waals surface area contributed by atoms with E-state index in [-0.39, 0.29) is 29.6 Å². The topological polar surface area (TPSA) is 130 Å². The maximum atomic E-state index is 13.4. The number of morpholine rings is 1. The van der Waals surface area contributed by atoms with Gasteiger partial charge < -0.3 is 14.2 Å². The lowest BCUT2D eigenvalue weighted by Crippen LogP contribution is -2.43. The molecule has 0 aromatic carbocycles. The molecule has 206 valence electrons. The van der Waals surface area contributed by atoms with Gasteiger partial charge in [0.1, 0.15) is 40.8 Å². The first-order valence-electron chi connectivity index (χ1n) is 13.5. The Morgan fingerprint density at radius 2 is 2.13 bits per heavy atom. The van der Waals surface area contributed by atoms with E-state index in [2.05, 4.69) is 33.2 Å². The Bertz CT molecular complexity index is 1260. The number of nitrogens with zero attached hydrogens (tertiary/aromatic N) is 5. The number of aryl methyl sites for hydroxylation is 1. The molecule has 11 heteroatoms. The third kappa shape index (κ3) is 5.88. The van der Waals surface area contributed by atoms with Gasteiger partial charge in [-0.2, -0.15) is 5.26 Å². The van der Waals surface area contributed by atoms with Crippen LogP contribution in [0.5, 0.6) is 5.75 Å². The summed E-state index contributed by atoms with van der Waals surface area (Å²) in [5.74, 6) is 1.11. The number of anilines is 2. The van der Waals surface area contributed by atoms with Crippen molar-refractivity contribution in [1.82, 2.24) is 14.9 Å². The third-order valence-electron chi connectivity index (χ3n) is 7.70. The second-order valence-electron chi connectivity index (χ2n) is 10.3. The van der Waals surface area contributed by atoms with E-state index in [1.165, 1.54) is 6.20 Å². The second kappa shape index (κ2) is 12.1. The number of amides is 2. The standard InChI is InChI=1S/C28H34N6O5/c1-18-17-38-10-9-33(18)15-20-11-19-5-4-8-34(27(19)31-22(20)16-35)28(36)32-26-12-25(21(13-29)14-30-26)39-24-7-3-6-23(24)37-2/h11-12,14,16,18,23-24H,3-10,15,17H2,1-2H3,(H,30,32,36)/t18?,23-,24-/m0/s1. The molecule has 11 nitrogen and oxygen atoms in total. The van der Waals surface area contributed by atoms with Gasteiger partial charge in [-0.25, -0.2) is 14.8 Å². The van der Waals surface area contributed by atoms with Crippen molar-refractivity contribution in [3.8, 4) is 11.8 Å². The molecule has 1 saturated heterocycles. The smallest absolute Gasteiger partial charge is 0.328 e. The number of aldehydes is 1. The van der Waals surface area contributed by atoms with Gasteiger partial charge in [0.2, 0.25) is 0 Å². The van der Waals surface area contributed by atoms with Crippen LogP contribution in [0.1, 0.15) is 59.8 Å². The molecule has 39 heavy (non-hydrogen) atoms. The van der Waals surface area contributed by atoms with Gasteiger partial charge in [-0.3, -0.25) is 19.9 Å². The molecule has 1 aliphatic carbocycles. The number of rotatable bonds is 7. The van der Waals surface area contributed by atoms with Crippen molar-refractivity contribution < 1.29 is 23.8 Å². The zero-order valence-corrected chi connectivity index (χ0v) is 22.4. The molecule has 4 heterocycles. The number of hydrogen-bond donors (Lipinski definition) is 1. The number of pyridine rings is 2. The molecule has 2 aromatic rings. The van der Waals surface area contributed by atoms with Crippen molar-refractivity contribution in [2.45, 2.75) is 63.8 Å². The average Bonchev–Trinajstić information content (AvgIpc) is 3.40. The Balaban J connectivity index is 1.34. The molecular weight excluding hydrogens is 500 g/mol. The predicted octanol–water partition coefficient (Wildman–Crippen LogP) is 3.31. The minimum atomic E-state index is -0.409. The van der Waals surface area contributed by atoms with Gasteiger partial charge in [-0.05, 0) is 56.2 Å². The van der Waals surface area contributed by atoms with E-state index in [4.69, 9.17) is 14.2 Å². The molecule has 0 radical (unpaired) electrons. The van der Waals surface area contributed by atoms with Gasteiger partial charge in [0.25, 0.3) is 0 Å². The summed E-state index contributed by atoms with van der Waals surface area (Å²) >= 11 is 0. The number of urea groups is 1. The van der Waals surface area contributed by atoms with Crippen LogP contribution in [0.2, 0.25) is 0 Å². The first-order chi connectivity index (χ1) is 19.0. The number of methoxy groups -OCH3 is 1. The number of fused-ring (bicyclic) bond motifs is 1. The third-order valence-corrected chi connectivity index (χ3v) is 7.70. The fourth-order valence-corrected chi connectivity index (χ4v) is 5.52. The lowest BCUT2D eigenvalue weighted by atomic mass is 10.0. The highest BCUT2D eigenvalue weighted by Gasteiger charge is 2.31. The van der Waals surface area contributed by atoms with Crippen molar-refractivity contribution in [2.24, 2.45) is 0 Å². The fourth-order valence-electron chi connectivity index (χ4n) is 5.52. The van der Waals surface area contributed by atoms with Gasteiger partial charge in [0, 0.05) is 38.9 Å². The minimum absolute atomic E-state index is 0.0398. The molecule has 2 fully saturated rings. The SMILES string of the molecule is CO[C@H]1CCC[C@@H]1Oc1cc(NC(=O)N2CCCc3cc(CN4CCOCC4C)c(C=O)nc32)ncc1C#N. The summed E-state index contributed by atoms with van der Waals surface area (Å²) in [4.78, 5) is 38.1. The maximum absolute atomic E-state index is 13.4. The minimum Gasteiger partial charge on any atom is -0.486 e. The van der Waals surface area contributed by atoms with Crippen LogP contribution in [0.4, 0.5) is 16.4 Å². The highest BCUT2D eigenvalue weighted by Crippen LogP contribution is 2.31. The Hall–Kier alpha value is -3.59. The molecular formula is C28H34N6O5. The summed E-state index contributed by atoms with van der Waals surface area (Å²) in [5, 5.41) is 12.4. The van der Waals surface area contributed by atoms with Crippen LogP contribution < -0.4 is 15.0 Å². The molecule has 0 bridgehead atoms. The van der Waals surface area contributed by atoms with Crippen LogP contribution in [-0.4, -0.2) is 78.8 Å². The van der Waals surface area contributed by atoms with Crippen LogP contribution >= 0.6 is 0 Å². The Morgan fingerprint density at radius 1 is 1.28 bits per heavy atom. The van der Waals surface area contributed by atoms with Gasteiger partial charge in [-0.1, -0.05) is 0 Å². The molecule has 3 atom stereocenters. The summed E-state index contributed by atoms with van der Waals surface area (Å²) < 4.78 is 17.2. The number of hydrogen-bond acceptors (Lipinski definition) is 9. The molecule has 1 saturated carbocycles. The van der Waals surface area contributed by atoms with Crippen molar-refractivity contribution in [1.29, 1.82) is 5.26 Å². The van der Waals surface area contributed by atoms with Crippen LogP contribution in [0, 0.1) is 11.3 Å². The zero-order valence-electron chi connectivity index (χ0n) is 22.4. The lowest BCUT2D eigenvalue weighted by molar-refractivity contribution is -0.00448. The van der Waals surface area contributed by atoms with E-state index in [1.807, 2.05) is 6.07 Å². The molecule has 2 amide bonds. The van der Waals surface area contributed by atoms with Crippen molar-refractivity contribution in [3.05, 3.63) is 40.7 Å². The normalized spacial score (nSPS) is 23.1. The number of carbonyl (C=O) groups is 2. The summed E-state index contributed by atoms with van der Waals surface area (Å²) in [7, 11) is 1.66. The zero-order chi connectivity index (χ0) is 27.4. The van der Waals surface area contributed by atoms with Crippen LogP contribution in [0.15, 0.2) is 18.3 Å². The van der Waals surface area contributed by atoms with E-state index in [0.29, 0.717) is 43.6 Å². The Kier molecular flexibility index (Phi) is 8.35. The largest absolute Gasteiger partial charge is 0.486 e. The molecule has 5 rings (SSSR count). The molecule has 2 aliphatic heterocycles. The van der Waals surface area contributed by atoms with Gasteiger partial charge >= 0.3 is 6.03 Å². The predicted molar refractivity (Wildman–Crippen MR) is 143 cm³/mol. The first-order valence-corrected chi connectivity index (χ1v) is 13.5. The lowest BCUT2D eigenvalue weighted by Gasteiger charge is -2.34. The van der Waals surface area contributed by atoms with E-state index in [9.17, 15) is 14.9 Å². The Morgan fingerprint density at radius 3 is 2.90 bits per heavy atom. The summed E-state index contributed by atoms with van der Waals surface area (Å²) in [6.07, 6.45) is 6.20. The molecule has 1 unspecified atom stereocenters. The van der Waals surface area contributed by atoms with Gasteiger partial charge in [0.05, 0.1) is 25.5 Å². The number of ether oxygens (including phenoxy) is 3. The average molecular weight is 535 g/mol. The van der Waals surface area contributed by atoms with Crippen molar-refractivity contribution >= 4 is 24.0 Å². The number of nitriles is 1. The first kappa shape index (κ1) is 27.0. The van der Waals surface area contributed by atoms with Crippen LogP contribution in [0.3, 0.4) is 0 Å². The fraction of sp³-hybridized carbons (Fsp3) is 0.536. The highest BCUT2D eigenvalue weighted by atomic mass is 16.5. The summed E-state index contributed by atoms with van der Waals surface area (Å²) in [6.45, 7) is 5.29. The molecule has 3 aliphatic rings. The quantitative estimate of drug-likeness (QED) is 0.532. The maximum Gasteiger partial charge on any atom is 0.328 e. The molecule has 2 aromatic heterocycles. The summed E-state index contributed by atoms with van der Waals surface area (Å²) in [6, 6.07) is 5.52. The van der Waals surface area contributed by atoms with Crippen molar-refractivity contribution in [2.75, 3.05) is 43.6 Å².